The molecule has 100 valence electrons. The van der Waals surface area contributed by atoms with Crippen LogP contribution in [-0.4, -0.2) is 28.1 Å². The van der Waals surface area contributed by atoms with E-state index in [1.165, 1.54) is 0 Å². The monoisotopic (exact) mass is 322 g/mol. The van der Waals surface area contributed by atoms with Crippen molar-refractivity contribution in [2.24, 2.45) is 0 Å². The smallest absolute Gasteiger partial charge is 0.254 e. The Balaban J connectivity index is 2.24. The quantitative estimate of drug-likeness (QED) is 0.851. The molecule has 0 unspecified atom stereocenters. The first-order valence-electron chi connectivity index (χ1n) is 5.77. The van der Waals surface area contributed by atoms with Gasteiger partial charge in [-0.05, 0) is 24.6 Å². The number of halogens is 1. The number of carbonyl (C=O) groups is 1. The van der Waals surface area contributed by atoms with Gasteiger partial charge in [0, 0.05) is 41.1 Å². The Kier molecular flexibility index (Phi) is 3.90. The maximum absolute atomic E-state index is 12.4. The summed E-state index contributed by atoms with van der Waals surface area (Å²) in [5.41, 5.74) is 8.85. The molecule has 2 aromatic rings. The van der Waals surface area contributed by atoms with E-state index in [4.69, 9.17) is 5.73 Å². The highest BCUT2D eigenvalue weighted by atomic mass is 79.9. The Bertz CT molecular complexity index is 595. The van der Waals surface area contributed by atoms with E-state index in [2.05, 4.69) is 26.1 Å². The lowest BCUT2D eigenvalue weighted by atomic mass is 10.1. The van der Waals surface area contributed by atoms with E-state index in [-0.39, 0.29) is 5.91 Å². The van der Waals surface area contributed by atoms with Crippen LogP contribution in [0.5, 0.6) is 0 Å². The van der Waals surface area contributed by atoms with Crippen LogP contribution in [0.4, 0.5) is 5.69 Å². The fourth-order valence-electron chi connectivity index (χ4n) is 1.84. The molecule has 19 heavy (non-hydrogen) atoms. The third-order valence-electron chi connectivity index (χ3n) is 2.96. The summed E-state index contributed by atoms with van der Waals surface area (Å²) in [6.45, 7) is 2.35. The van der Waals surface area contributed by atoms with Crippen molar-refractivity contribution in [1.29, 1.82) is 0 Å². The standard InChI is InChI=1S/C13H15BrN4O/c1-8-11(3-10(14)4-12(8)15)13(19)18(2)7-9-5-16-17-6-9/h3-6H,7,15H2,1-2H3,(H,16,17). The minimum atomic E-state index is -0.0632. The number of amides is 1. The predicted molar refractivity (Wildman–Crippen MR) is 77.7 cm³/mol. The van der Waals surface area contributed by atoms with Gasteiger partial charge < -0.3 is 10.6 Å². The summed E-state index contributed by atoms with van der Waals surface area (Å²) in [7, 11) is 1.76. The Morgan fingerprint density at radius 2 is 2.26 bits per heavy atom. The number of H-pyrrole nitrogens is 1. The maximum atomic E-state index is 12.4. The number of nitrogens with zero attached hydrogens (tertiary/aromatic N) is 2. The van der Waals surface area contributed by atoms with Gasteiger partial charge in [0.1, 0.15) is 0 Å². The average Bonchev–Trinajstić information content (AvgIpc) is 2.85. The van der Waals surface area contributed by atoms with Crippen molar-refractivity contribution < 1.29 is 4.79 Å². The Labute approximate surface area is 119 Å². The van der Waals surface area contributed by atoms with Crippen LogP contribution >= 0.6 is 15.9 Å². The molecule has 0 bridgehead atoms. The van der Waals surface area contributed by atoms with Crippen LogP contribution in [0, 0.1) is 6.92 Å². The fourth-order valence-corrected chi connectivity index (χ4v) is 2.31. The molecule has 1 amide bonds. The maximum Gasteiger partial charge on any atom is 0.254 e. The van der Waals surface area contributed by atoms with E-state index < -0.39 is 0 Å². The van der Waals surface area contributed by atoms with E-state index in [0.717, 1.165) is 15.6 Å². The van der Waals surface area contributed by atoms with E-state index in [9.17, 15) is 4.79 Å². The number of nitrogens with two attached hydrogens (primary N) is 1. The second-order valence-electron chi connectivity index (χ2n) is 4.44. The third-order valence-corrected chi connectivity index (χ3v) is 3.42. The van der Waals surface area contributed by atoms with Gasteiger partial charge in [0.05, 0.1) is 6.20 Å². The topological polar surface area (TPSA) is 75.0 Å². The largest absolute Gasteiger partial charge is 0.398 e. The summed E-state index contributed by atoms with van der Waals surface area (Å²) in [6.07, 6.45) is 3.47. The zero-order valence-corrected chi connectivity index (χ0v) is 12.4. The van der Waals surface area contributed by atoms with Gasteiger partial charge in [0.15, 0.2) is 0 Å². The number of aromatic nitrogens is 2. The summed E-state index contributed by atoms with van der Waals surface area (Å²) in [5.74, 6) is -0.0632. The molecule has 0 aliphatic carbocycles. The number of carbonyl (C=O) groups excluding carboxylic acids is 1. The van der Waals surface area contributed by atoms with Gasteiger partial charge >= 0.3 is 0 Å². The highest BCUT2D eigenvalue weighted by Crippen LogP contribution is 2.24. The first-order valence-corrected chi connectivity index (χ1v) is 6.57. The van der Waals surface area contributed by atoms with Crippen molar-refractivity contribution >= 4 is 27.5 Å². The van der Waals surface area contributed by atoms with Crippen molar-refractivity contribution in [2.45, 2.75) is 13.5 Å². The highest BCUT2D eigenvalue weighted by Gasteiger charge is 2.16. The van der Waals surface area contributed by atoms with Gasteiger partial charge in [-0.2, -0.15) is 5.10 Å². The molecule has 0 saturated heterocycles. The van der Waals surface area contributed by atoms with Gasteiger partial charge in [0.25, 0.3) is 5.91 Å². The third kappa shape index (κ3) is 2.96. The number of aromatic amines is 1. The van der Waals surface area contributed by atoms with Crippen LogP contribution in [-0.2, 0) is 6.54 Å². The Hall–Kier alpha value is -1.82. The average molecular weight is 323 g/mol. The molecule has 0 saturated carbocycles. The van der Waals surface area contributed by atoms with Crippen LogP contribution in [0.2, 0.25) is 0 Å². The summed E-state index contributed by atoms with van der Waals surface area (Å²) >= 11 is 3.36. The molecule has 1 aromatic carbocycles. The van der Waals surface area contributed by atoms with Gasteiger partial charge in [-0.1, -0.05) is 15.9 Å². The molecule has 3 N–H and O–H groups in total. The summed E-state index contributed by atoms with van der Waals surface area (Å²) in [4.78, 5) is 14.1. The molecule has 0 aliphatic heterocycles. The lowest BCUT2D eigenvalue weighted by Crippen LogP contribution is -2.27. The van der Waals surface area contributed by atoms with Crippen molar-refractivity contribution in [3.8, 4) is 0 Å². The zero-order valence-electron chi connectivity index (χ0n) is 10.8. The number of benzene rings is 1. The van der Waals surface area contributed by atoms with Gasteiger partial charge in [-0.25, -0.2) is 0 Å². The molecule has 0 spiro atoms. The first kappa shape index (κ1) is 13.6. The normalized spacial score (nSPS) is 10.5. The van der Waals surface area contributed by atoms with Crippen molar-refractivity contribution in [3.05, 3.63) is 45.7 Å². The SMILES string of the molecule is Cc1c(N)cc(Br)cc1C(=O)N(C)Cc1cn[nH]c1. The van der Waals surface area contributed by atoms with Crippen molar-refractivity contribution in [3.63, 3.8) is 0 Å². The van der Waals surface area contributed by atoms with E-state index in [1.54, 1.807) is 36.5 Å². The van der Waals surface area contributed by atoms with Crippen LogP contribution < -0.4 is 5.73 Å². The zero-order chi connectivity index (χ0) is 14.0. The molecule has 1 aromatic heterocycles. The number of rotatable bonds is 3. The summed E-state index contributed by atoms with van der Waals surface area (Å²) in [5, 5.41) is 6.59. The van der Waals surface area contributed by atoms with E-state index >= 15 is 0 Å². The lowest BCUT2D eigenvalue weighted by molar-refractivity contribution is 0.0784. The number of anilines is 1. The molecular weight excluding hydrogens is 308 g/mol. The van der Waals surface area contributed by atoms with Gasteiger partial charge in [-0.15, -0.1) is 0 Å². The molecule has 0 radical (unpaired) electrons. The van der Waals surface area contributed by atoms with E-state index in [0.29, 0.717) is 17.8 Å². The van der Waals surface area contributed by atoms with E-state index in [1.807, 2.05) is 6.92 Å². The number of nitrogen functional groups attached to an aromatic ring is 1. The minimum Gasteiger partial charge on any atom is -0.398 e. The molecule has 0 aliphatic rings. The first-order chi connectivity index (χ1) is 8.99. The van der Waals surface area contributed by atoms with Crippen LogP contribution in [0.1, 0.15) is 21.5 Å². The lowest BCUT2D eigenvalue weighted by Gasteiger charge is -2.18. The molecule has 1 heterocycles. The van der Waals surface area contributed by atoms with Crippen LogP contribution in [0.25, 0.3) is 0 Å². The number of nitrogens with one attached hydrogen (secondary N) is 1. The summed E-state index contributed by atoms with van der Waals surface area (Å²) in [6, 6.07) is 3.59. The molecule has 0 atom stereocenters. The molecule has 6 heteroatoms. The van der Waals surface area contributed by atoms with Gasteiger partial charge in [0.2, 0.25) is 0 Å². The predicted octanol–water partition coefficient (Wildman–Crippen LogP) is 2.34. The van der Waals surface area contributed by atoms with Crippen molar-refractivity contribution in [2.75, 3.05) is 12.8 Å². The van der Waals surface area contributed by atoms with Crippen molar-refractivity contribution in [1.82, 2.24) is 15.1 Å². The second kappa shape index (κ2) is 5.44. The van der Waals surface area contributed by atoms with Crippen LogP contribution in [0.3, 0.4) is 0 Å². The summed E-state index contributed by atoms with van der Waals surface area (Å²) < 4.78 is 0.802. The second-order valence-corrected chi connectivity index (χ2v) is 5.35. The molecule has 2 rings (SSSR count). The Morgan fingerprint density at radius 1 is 1.53 bits per heavy atom. The van der Waals surface area contributed by atoms with Crippen LogP contribution in [0.15, 0.2) is 29.0 Å². The molecule has 0 fully saturated rings. The fraction of sp³-hybridized carbons (Fsp3) is 0.231. The molecule has 5 nitrogen and oxygen atoms in total. The Morgan fingerprint density at radius 3 is 2.89 bits per heavy atom. The van der Waals surface area contributed by atoms with Gasteiger partial charge in [-0.3, -0.25) is 9.89 Å². The highest BCUT2D eigenvalue weighted by molar-refractivity contribution is 9.10. The molecular formula is C13H15BrN4O. The minimum absolute atomic E-state index is 0.0632. The number of hydrogen-bond donors (Lipinski definition) is 2. The number of hydrogen-bond acceptors (Lipinski definition) is 3.